The minimum Gasteiger partial charge on any atom is -0.397 e. The molecule has 0 amide bonds. The van der Waals surface area contributed by atoms with Gasteiger partial charge < -0.3 is 18.3 Å². The van der Waals surface area contributed by atoms with Crippen LogP contribution < -0.4 is 0 Å². The lowest BCUT2D eigenvalue weighted by molar-refractivity contribution is -0.159. The second-order valence-corrected chi connectivity index (χ2v) is 7.26. The molecular formula is C14H30O4Si. The van der Waals surface area contributed by atoms with Crippen molar-refractivity contribution in [2.75, 3.05) is 33.0 Å². The van der Waals surface area contributed by atoms with Crippen LogP contribution in [0.25, 0.3) is 0 Å². The van der Waals surface area contributed by atoms with E-state index in [2.05, 4.69) is 13.8 Å². The summed E-state index contributed by atoms with van der Waals surface area (Å²) in [5, 5.41) is 0. The van der Waals surface area contributed by atoms with E-state index in [-0.39, 0.29) is 11.5 Å². The zero-order valence-corrected chi connectivity index (χ0v) is 14.1. The van der Waals surface area contributed by atoms with Crippen LogP contribution in [0.2, 0.25) is 6.04 Å². The number of hydrogen-bond donors (Lipinski definition) is 0. The lowest BCUT2D eigenvalue weighted by Crippen LogP contribution is -2.46. The van der Waals surface area contributed by atoms with Crippen LogP contribution in [0.4, 0.5) is 0 Å². The first-order chi connectivity index (χ1) is 9.19. The van der Waals surface area contributed by atoms with Crippen molar-refractivity contribution in [2.24, 2.45) is 5.41 Å². The second kappa shape index (κ2) is 9.08. The molecule has 0 aromatic heterocycles. The van der Waals surface area contributed by atoms with Gasteiger partial charge in [-0.15, -0.1) is 0 Å². The van der Waals surface area contributed by atoms with Crippen LogP contribution >= 0.6 is 0 Å². The summed E-state index contributed by atoms with van der Waals surface area (Å²) in [7, 11) is -1.55. The molecule has 0 bridgehead atoms. The van der Waals surface area contributed by atoms with E-state index < -0.39 is 9.28 Å². The molecule has 1 fully saturated rings. The van der Waals surface area contributed by atoms with Gasteiger partial charge in [0.2, 0.25) is 0 Å². The lowest BCUT2D eigenvalue weighted by Gasteiger charge is -2.41. The minimum atomic E-state index is -1.55. The predicted octanol–water partition coefficient (Wildman–Crippen LogP) is 2.50. The molecule has 1 atom stereocenters. The van der Waals surface area contributed by atoms with Gasteiger partial charge in [-0.1, -0.05) is 13.8 Å². The summed E-state index contributed by atoms with van der Waals surface area (Å²) in [4.78, 5) is 0. The molecule has 1 unspecified atom stereocenters. The van der Waals surface area contributed by atoms with E-state index in [1.807, 2.05) is 13.8 Å². The fraction of sp³-hybridized carbons (Fsp3) is 1.00. The Bertz CT molecular complexity index is 222. The predicted molar refractivity (Wildman–Crippen MR) is 78.8 cm³/mol. The summed E-state index contributed by atoms with van der Waals surface area (Å²) in [5.41, 5.74) is 0.266. The third kappa shape index (κ3) is 5.51. The fourth-order valence-electron chi connectivity index (χ4n) is 2.20. The molecule has 4 nitrogen and oxygen atoms in total. The Kier molecular flexibility index (Phi) is 8.17. The summed E-state index contributed by atoms with van der Waals surface area (Å²) < 4.78 is 22.9. The molecule has 0 aromatic carbocycles. The minimum absolute atomic E-state index is 0.263. The Morgan fingerprint density at radius 2 is 1.74 bits per heavy atom. The van der Waals surface area contributed by atoms with Gasteiger partial charge in [0.05, 0.1) is 25.9 Å². The van der Waals surface area contributed by atoms with Gasteiger partial charge in [-0.25, -0.2) is 0 Å². The third-order valence-corrected chi connectivity index (χ3v) is 6.13. The second-order valence-electron chi connectivity index (χ2n) is 5.26. The van der Waals surface area contributed by atoms with E-state index in [0.29, 0.717) is 0 Å². The first-order valence-corrected chi connectivity index (χ1v) is 9.38. The highest BCUT2D eigenvalue weighted by atomic mass is 28.3. The Morgan fingerprint density at radius 1 is 1.11 bits per heavy atom. The van der Waals surface area contributed by atoms with Crippen molar-refractivity contribution in [3.05, 3.63) is 0 Å². The summed E-state index contributed by atoms with van der Waals surface area (Å²) >= 11 is 0. The van der Waals surface area contributed by atoms with Gasteiger partial charge in [0.15, 0.2) is 0 Å². The van der Waals surface area contributed by atoms with Gasteiger partial charge in [0.25, 0.3) is 0 Å². The van der Waals surface area contributed by atoms with Crippen molar-refractivity contribution in [1.82, 2.24) is 0 Å². The third-order valence-electron chi connectivity index (χ3n) is 3.81. The van der Waals surface area contributed by atoms with Crippen molar-refractivity contribution in [3.63, 3.8) is 0 Å². The standard InChI is InChI=1S/C14H30O4Si/c1-5-13(9-19(17-7-3)18-8-4)16-12-14(6-2)10-15-11-14/h13,19H,5-12H2,1-4H3. The normalized spacial score (nSPS) is 19.4. The highest BCUT2D eigenvalue weighted by Gasteiger charge is 2.37. The molecular weight excluding hydrogens is 260 g/mol. The number of hydrogen-bond acceptors (Lipinski definition) is 4. The van der Waals surface area contributed by atoms with E-state index in [1.165, 1.54) is 0 Å². The number of ether oxygens (including phenoxy) is 2. The summed E-state index contributed by atoms with van der Waals surface area (Å²) in [6.07, 6.45) is 2.41. The van der Waals surface area contributed by atoms with Crippen LogP contribution in [0, 0.1) is 5.41 Å². The maximum absolute atomic E-state index is 6.11. The van der Waals surface area contributed by atoms with E-state index in [9.17, 15) is 0 Å². The van der Waals surface area contributed by atoms with Crippen molar-refractivity contribution in [3.8, 4) is 0 Å². The average Bonchev–Trinajstić information content (AvgIpc) is 2.37. The molecule has 1 heterocycles. The average molecular weight is 290 g/mol. The van der Waals surface area contributed by atoms with Crippen molar-refractivity contribution in [2.45, 2.75) is 52.7 Å². The van der Waals surface area contributed by atoms with Gasteiger partial charge in [-0.05, 0) is 26.7 Å². The van der Waals surface area contributed by atoms with E-state index in [4.69, 9.17) is 18.3 Å². The fourth-order valence-corrected chi connectivity index (χ4v) is 4.21. The molecule has 5 heteroatoms. The molecule has 1 aliphatic rings. The quantitative estimate of drug-likeness (QED) is 0.548. The molecule has 0 aliphatic carbocycles. The Morgan fingerprint density at radius 3 is 2.11 bits per heavy atom. The lowest BCUT2D eigenvalue weighted by atomic mass is 9.84. The van der Waals surface area contributed by atoms with Gasteiger partial charge in [0.1, 0.15) is 0 Å². The molecule has 0 spiro atoms. The monoisotopic (exact) mass is 290 g/mol. The molecule has 0 N–H and O–H groups in total. The van der Waals surface area contributed by atoms with Crippen molar-refractivity contribution < 1.29 is 18.3 Å². The van der Waals surface area contributed by atoms with Gasteiger partial charge in [0, 0.05) is 24.7 Å². The van der Waals surface area contributed by atoms with Gasteiger partial charge in [-0.3, -0.25) is 0 Å². The maximum Gasteiger partial charge on any atom is 0.324 e. The smallest absolute Gasteiger partial charge is 0.324 e. The summed E-state index contributed by atoms with van der Waals surface area (Å²) in [6.45, 7) is 12.4. The summed E-state index contributed by atoms with van der Waals surface area (Å²) in [5.74, 6) is 0. The molecule has 0 saturated carbocycles. The van der Waals surface area contributed by atoms with E-state index >= 15 is 0 Å². The zero-order chi connectivity index (χ0) is 14.1. The zero-order valence-electron chi connectivity index (χ0n) is 12.9. The van der Waals surface area contributed by atoms with Crippen molar-refractivity contribution in [1.29, 1.82) is 0 Å². The first-order valence-electron chi connectivity index (χ1n) is 7.62. The summed E-state index contributed by atoms with van der Waals surface area (Å²) in [6, 6.07) is 0.943. The van der Waals surface area contributed by atoms with Crippen LogP contribution in [0.3, 0.4) is 0 Å². The molecule has 0 aromatic rings. The van der Waals surface area contributed by atoms with E-state index in [1.54, 1.807) is 0 Å². The van der Waals surface area contributed by atoms with Crippen molar-refractivity contribution >= 4 is 9.28 Å². The maximum atomic E-state index is 6.11. The van der Waals surface area contributed by atoms with Crippen LogP contribution in [0.1, 0.15) is 40.5 Å². The van der Waals surface area contributed by atoms with Crippen LogP contribution in [0.15, 0.2) is 0 Å². The van der Waals surface area contributed by atoms with Gasteiger partial charge >= 0.3 is 9.28 Å². The first kappa shape index (κ1) is 17.1. The topological polar surface area (TPSA) is 36.9 Å². The number of rotatable bonds is 11. The van der Waals surface area contributed by atoms with Crippen LogP contribution in [-0.2, 0) is 18.3 Å². The Balaban J connectivity index is 2.34. The Labute approximate surface area is 119 Å². The Hall–Kier alpha value is 0.0569. The highest BCUT2D eigenvalue weighted by molar-refractivity contribution is 6.44. The molecule has 114 valence electrons. The van der Waals surface area contributed by atoms with E-state index in [0.717, 1.165) is 51.9 Å². The molecule has 1 aliphatic heterocycles. The molecule has 19 heavy (non-hydrogen) atoms. The van der Waals surface area contributed by atoms with Crippen LogP contribution in [-0.4, -0.2) is 48.4 Å². The van der Waals surface area contributed by atoms with Crippen LogP contribution in [0.5, 0.6) is 0 Å². The van der Waals surface area contributed by atoms with Gasteiger partial charge in [-0.2, -0.15) is 0 Å². The molecule has 1 rings (SSSR count). The molecule has 1 saturated heterocycles. The SMILES string of the molecule is CCO[SiH](CC(CC)OCC1(CC)COC1)OCC. The molecule has 0 radical (unpaired) electrons. The highest BCUT2D eigenvalue weighted by Crippen LogP contribution is 2.32. The largest absolute Gasteiger partial charge is 0.397 e.